The fraction of sp³-hybridized carbons (Fsp3) is 0.111. The van der Waals surface area contributed by atoms with Gasteiger partial charge in [0.25, 0.3) is 5.56 Å². The van der Waals surface area contributed by atoms with Crippen molar-refractivity contribution in [2.75, 3.05) is 0 Å². The number of halogens is 1. The van der Waals surface area contributed by atoms with Crippen molar-refractivity contribution < 1.29 is 4.48 Å². The molecule has 1 N–H and O–H groups in total. The van der Waals surface area contributed by atoms with Gasteiger partial charge >= 0.3 is 5.69 Å². The zero-order valence-electron chi connectivity index (χ0n) is 7.37. The lowest BCUT2D eigenvalue weighted by atomic mass is 10.1. The van der Waals surface area contributed by atoms with Crippen molar-refractivity contribution in [3.8, 4) is 0 Å². The van der Waals surface area contributed by atoms with Gasteiger partial charge in [0.1, 0.15) is 0 Å². The molecule has 0 spiro atoms. The van der Waals surface area contributed by atoms with Gasteiger partial charge in [-0.2, -0.15) is 0 Å². The number of aromatic amines is 1. The molecule has 0 unspecified atom stereocenters. The quantitative estimate of drug-likeness (QED) is 0.672. The van der Waals surface area contributed by atoms with E-state index in [4.69, 9.17) is 0 Å². The summed E-state index contributed by atoms with van der Waals surface area (Å²) in [6.45, 7) is 1.64. The molecule has 0 saturated heterocycles. The van der Waals surface area contributed by atoms with Gasteiger partial charge in [0, 0.05) is 0 Å². The van der Waals surface area contributed by atoms with E-state index in [0.29, 0.717) is 5.56 Å². The number of fused-ring (bicyclic) bond motifs is 1. The largest absolute Gasteiger partial charge is 0.357 e. The second kappa shape index (κ2) is 2.80. The first-order valence-electron chi connectivity index (χ1n) is 4.02. The summed E-state index contributed by atoms with van der Waals surface area (Å²) < 4.78 is 13.3. The van der Waals surface area contributed by atoms with E-state index in [9.17, 15) is 14.1 Å². The van der Waals surface area contributed by atoms with Gasteiger partial charge in [-0.25, -0.2) is 4.79 Å². The minimum atomic E-state index is -1.04. The van der Waals surface area contributed by atoms with Gasteiger partial charge in [0.05, 0.1) is 10.9 Å². The average Bonchev–Trinajstić information content (AvgIpc) is 2.14. The van der Waals surface area contributed by atoms with Crippen LogP contribution in [-0.2, 0) is 0 Å². The zero-order chi connectivity index (χ0) is 10.3. The number of H-pyrrole nitrogens is 1. The maximum absolute atomic E-state index is 13.3. The second-order valence-corrected chi connectivity index (χ2v) is 3.01. The van der Waals surface area contributed by atoms with Gasteiger partial charge in [-0.05, 0) is 18.6 Å². The Hall–Kier alpha value is -1.91. The molecule has 0 aliphatic carbocycles. The van der Waals surface area contributed by atoms with Crippen molar-refractivity contribution in [1.29, 1.82) is 0 Å². The number of nitrogens with one attached hydrogen (secondary N) is 1. The van der Waals surface area contributed by atoms with E-state index in [1.165, 1.54) is 6.07 Å². The number of benzene rings is 1. The number of aryl methyl sites for hydroxylation is 1. The van der Waals surface area contributed by atoms with Gasteiger partial charge < -0.3 is 0 Å². The standard InChI is InChI=1S/C9H7FN2O2/c1-5-3-2-4-6-7(5)12(10)9(14)11-8(6)13/h2-4H,1H3,(H,11,13,14). The van der Waals surface area contributed by atoms with Gasteiger partial charge in [0.15, 0.2) is 0 Å². The summed E-state index contributed by atoms with van der Waals surface area (Å²) in [5.74, 6) is 0. The van der Waals surface area contributed by atoms with Crippen LogP contribution in [0.2, 0.25) is 0 Å². The molecular weight excluding hydrogens is 187 g/mol. The molecule has 1 aromatic carbocycles. The lowest BCUT2D eigenvalue weighted by molar-refractivity contribution is 0.361. The molecule has 2 aromatic rings. The Morgan fingerprint density at radius 3 is 2.79 bits per heavy atom. The van der Waals surface area contributed by atoms with Crippen LogP contribution in [0.15, 0.2) is 27.8 Å². The highest BCUT2D eigenvalue weighted by Gasteiger charge is 2.07. The second-order valence-electron chi connectivity index (χ2n) is 3.01. The summed E-state index contributed by atoms with van der Waals surface area (Å²) in [5, 5.41) is 0.173. The van der Waals surface area contributed by atoms with Crippen molar-refractivity contribution in [1.82, 2.24) is 9.77 Å². The van der Waals surface area contributed by atoms with Gasteiger partial charge in [-0.1, -0.05) is 16.6 Å². The molecule has 0 saturated carbocycles. The minimum absolute atomic E-state index is 0.0289. The SMILES string of the molecule is Cc1cccc2c(=O)[nH]c(=O)n(F)c12. The highest BCUT2D eigenvalue weighted by Crippen LogP contribution is 2.12. The molecule has 0 aliphatic rings. The molecule has 0 bridgehead atoms. The van der Waals surface area contributed by atoms with Gasteiger partial charge in [-0.15, -0.1) is 4.79 Å². The van der Waals surface area contributed by atoms with Gasteiger partial charge in [-0.3, -0.25) is 9.78 Å². The van der Waals surface area contributed by atoms with E-state index in [1.807, 2.05) is 4.98 Å². The maximum atomic E-state index is 13.3. The number of para-hydroxylation sites is 1. The number of hydrogen-bond acceptors (Lipinski definition) is 2. The molecule has 0 atom stereocenters. The topological polar surface area (TPSA) is 54.9 Å². The van der Waals surface area contributed by atoms with E-state index >= 15 is 0 Å². The Morgan fingerprint density at radius 2 is 2.07 bits per heavy atom. The van der Waals surface area contributed by atoms with E-state index in [-0.39, 0.29) is 15.7 Å². The Balaban J connectivity index is 3.19. The van der Waals surface area contributed by atoms with E-state index in [1.54, 1.807) is 19.1 Å². The predicted molar refractivity (Wildman–Crippen MR) is 50.1 cm³/mol. The van der Waals surface area contributed by atoms with Crippen LogP contribution < -0.4 is 11.2 Å². The smallest absolute Gasteiger partial charge is 0.271 e. The fourth-order valence-electron chi connectivity index (χ4n) is 1.42. The first kappa shape index (κ1) is 8.68. The zero-order valence-corrected chi connectivity index (χ0v) is 7.37. The Bertz CT molecular complexity index is 612. The van der Waals surface area contributed by atoms with E-state index in [0.717, 1.165) is 0 Å². The molecule has 1 aromatic heterocycles. The fourth-order valence-corrected chi connectivity index (χ4v) is 1.42. The summed E-state index contributed by atoms with van der Waals surface area (Å²) in [4.78, 5) is 24.0. The molecule has 14 heavy (non-hydrogen) atoms. The molecule has 4 nitrogen and oxygen atoms in total. The molecule has 72 valence electrons. The average molecular weight is 194 g/mol. The van der Waals surface area contributed by atoms with Crippen molar-refractivity contribution in [2.45, 2.75) is 6.92 Å². The highest BCUT2D eigenvalue weighted by molar-refractivity contribution is 5.80. The Labute approximate surface area is 77.6 Å². The molecule has 0 fully saturated rings. The lowest BCUT2D eigenvalue weighted by Crippen LogP contribution is -2.27. The number of hydrogen-bond donors (Lipinski definition) is 1. The Kier molecular flexibility index (Phi) is 1.73. The maximum Gasteiger partial charge on any atom is 0.357 e. The number of nitrogens with zero attached hydrogens (tertiary/aromatic N) is 1. The summed E-state index contributed by atoms with van der Waals surface area (Å²) in [5.41, 5.74) is -1.03. The van der Waals surface area contributed by atoms with Crippen LogP contribution in [0.25, 0.3) is 10.9 Å². The van der Waals surface area contributed by atoms with Crippen LogP contribution in [0.3, 0.4) is 0 Å². The monoisotopic (exact) mass is 194 g/mol. The minimum Gasteiger partial charge on any atom is -0.271 e. The summed E-state index contributed by atoms with van der Waals surface area (Å²) in [6.07, 6.45) is 0. The predicted octanol–water partition coefficient (Wildman–Crippen LogP) is 0.731. The van der Waals surface area contributed by atoms with Crippen LogP contribution >= 0.6 is 0 Å². The molecule has 0 radical (unpaired) electrons. The van der Waals surface area contributed by atoms with Crippen LogP contribution in [0, 0.1) is 6.92 Å². The van der Waals surface area contributed by atoms with Gasteiger partial charge in [0.2, 0.25) is 0 Å². The molecule has 0 aliphatic heterocycles. The summed E-state index contributed by atoms with van der Waals surface area (Å²) >= 11 is 0. The van der Waals surface area contributed by atoms with E-state index in [2.05, 4.69) is 0 Å². The van der Waals surface area contributed by atoms with Crippen molar-refractivity contribution in [3.63, 3.8) is 0 Å². The normalized spacial score (nSPS) is 10.7. The summed E-state index contributed by atoms with van der Waals surface area (Å²) in [6, 6.07) is 4.74. The Morgan fingerprint density at radius 1 is 1.36 bits per heavy atom. The first-order chi connectivity index (χ1) is 6.61. The van der Waals surface area contributed by atoms with Crippen molar-refractivity contribution >= 4 is 10.9 Å². The summed E-state index contributed by atoms with van der Waals surface area (Å²) in [7, 11) is 0. The third kappa shape index (κ3) is 1.06. The van der Waals surface area contributed by atoms with Crippen molar-refractivity contribution in [3.05, 3.63) is 44.6 Å². The lowest BCUT2D eigenvalue weighted by Gasteiger charge is -2.01. The van der Waals surface area contributed by atoms with E-state index < -0.39 is 11.2 Å². The molecule has 2 rings (SSSR count). The van der Waals surface area contributed by atoms with Crippen LogP contribution in [0.5, 0.6) is 0 Å². The third-order valence-corrected chi connectivity index (χ3v) is 2.08. The third-order valence-electron chi connectivity index (χ3n) is 2.08. The van der Waals surface area contributed by atoms with Crippen LogP contribution in [0.4, 0.5) is 4.48 Å². The molecule has 0 amide bonds. The van der Waals surface area contributed by atoms with Crippen LogP contribution in [-0.4, -0.2) is 9.77 Å². The number of aromatic nitrogens is 2. The molecule has 1 heterocycles. The highest BCUT2D eigenvalue weighted by atomic mass is 19.2. The van der Waals surface area contributed by atoms with Crippen molar-refractivity contribution in [2.24, 2.45) is 0 Å². The number of rotatable bonds is 0. The first-order valence-corrected chi connectivity index (χ1v) is 4.02. The molecule has 5 heteroatoms. The molecular formula is C9H7FN2O2. The van der Waals surface area contributed by atoms with Crippen LogP contribution in [0.1, 0.15) is 5.56 Å².